The van der Waals surface area contributed by atoms with Crippen LogP contribution in [0.5, 0.6) is 5.75 Å². The van der Waals surface area contributed by atoms with Gasteiger partial charge in [-0.25, -0.2) is 14.6 Å². The van der Waals surface area contributed by atoms with Crippen molar-refractivity contribution in [3.05, 3.63) is 24.0 Å². The number of hydrogen-bond donors (Lipinski definition) is 0. The smallest absolute Gasteiger partial charge is 0.414 e. The number of ether oxygens (including phenoxy) is 2. The number of hydrogen-bond acceptors (Lipinski definition) is 6. The molecule has 1 aromatic rings. The molecular weight excluding hydrogens is 472 g/mol. The van der Waals surface area contributed by atoms with Crippen LogP contribution >= 0.6 is 0 Å². The molecule has 0 aliphatic carbocycles. The predicted molar refractivity (Wildman–Crippen MR) is 145 cm³/mol. The van der Waals surface area contributed by atoms with Gasteiger partial charge in [-0.05, 0) is 44.7 Å². The van der Waals surface area contributed by atoms with Crippen LogP contribution in [0.4, 0.5) is 4.79 Å². The molecule has 0 saturated carbocycles. The Bertz CT molecular complexity index is 870. The summed E-state index contributed by atoms with van der Waals surface area (Å²) in [5.74, 6) is -0.184. The van der Waals surface area contributed by atoms with Gasteiger partial charge in [-0.2, -0.15) is 0 Å². The molecule has 0 spiro atoms. The number of amides is 2. The van der Waals surface area contributed by atoms with Crippen LogP contribution in [0.25, 0.3) is 0 Å². The number of pyridine rings is 1. The van der Waals surface area contributed by atoms with E-state index in [2.05, 4.69) is 19.1 Å². The monoisotopic (exact) mass is 522 g/mol. The van der Waals surface area contributed by atoms with Crippen LogP contribution in [0.3, 0.4) is 0 Å². The summed E-state index contributed by atoms with van der Waals surface area (Å²) in [7, 11) is 11.3. The molecule has 0 saturated heterocycles. The summed E-state index contributed by atoms with van der Waals surface area (Å²) in [4.78, 5) is 41.7. The van der Waals surface area contributed by atoms with Crippen molar-refractivity contribution in [1.29, 1.82) is 0 Å². The van der Waals surface area contributed by atoms with E-state index < -0.39 is 6.09 Å². The zero-order valence-electron chi connectivity index (χ0n) is 24.4. The number of quaternary nitrogens is 2. The average molecular weight is 523 g/mol. The van der Waals surface area contributed by atoms with Crippen molar-refractivity contribution in [1.82, 2.24) is 9.88 Å². The second-order valence-electron chi connectivity index (χ2n) is 11.4. The summed E-state index contributed by atoms with van der Waals surface area (Å²) < 4.78 is 11.6. The maximum absolute atomic E-state index is 13.2. The summed E-state index contributed by atoms with van der Waals surface area (Å²) in [6, 6.07) is 3.26. The van der Waals surface area contributed by atoms with Gasteiger partial charge in [0.25, 0.3) is 0 Å². The maximum Gasteiger partial charge on any atom is 0.414 e. The van der Waals surface area contributed by atoms with Crippen LogP contribution in [-0.2, 0) is 9.53 Å². The minimum atomic E-state index is -0.538. The van der Waals surface area contributed by atoms with E-state index in [9.17, 15) is 14.4 Å². The molecule has 9 nitrogen and oxygen atoms in total. The van der Waals surface area contributed by atoms with Gasteiger partial charge in [0, 0.05) is 27.2 Å². The largest absolute Gasteiger partial charge is 0.457 e. The zero-order chi connectivity index (χ0) is 28.1. The molecule has 210 valence electrons. The lowest BCUT2D eigenvalue weighted by Gasteiger charge is -2.32. The Morgan fingerprint density at radius 3 is 2.00 bits per heavy atom. The van der Waals surface area contributed by atoms with Gasteiger partial charge in [0.2, 0.25) is 5.69 Å². The molecule has 1 unspecified atom stereocenters. The maximum atomic E-state index is 13.2. The average Bonchev–Trinajstić information content (AvgIpc) is 2.79. The molecule has 1 rings (SSSR count). The summed E-state index contributed by atoms with van der Waals surface area (Å²) >= 11 is 0. The van der Waals surface area contributed by atoms with Crippen molar-refractivity contribution in [2.75, 3.05) is 61.9 Å². The Morgan fingerprint density at radius 1 is 0.919 bits per heavy atom. The quantitative estimate of drug-likeness (QED) is 0.180. The third-order valence-electron chi connectivity index (χ3n) is 6.43. The molecule has 0 bridgehead atoms. The Hall–Kier alpha value is -2.52. The molecule has 0 aromatic carbocycles. The highest BCUT2D eigenvalue weighted by Gasteiger charge is 2.32. The van der Waals surface area contributed by atoms with Gasteiger partial charge in [-0.15, -0.1) is 0 Å². The lowest BCUT2D eigenvalue weighted by atomic mass is 10.1. The minimum Gasteiger partial charge on any atom is -0.457 e. The van der Waals surface area contributed by atoms with Crippen molar-refractivity contribution in [3.8, 4) is 5.75 Å². The Labute approximate surface area is 223 Å². The topological polar surface area (TPSA) is 85.8 Å². The Balaban J connectivity index is 2.29. The van der Waals surface area contributed by atoms with Gasteiger partial charge < -0.3 is 18.9 Å². The molecule has 1 atom stereocenters. The van der Waals surface area contributed by atoms with Gasteiger partial charge in [0.1, 0.15) is 12.6 Å². The van der Waals surface area contributed by atoms with Crippen LogP contribution in [0.15, 0.2) is 18.3 Å². The van der Waals surface area contributed by atoms with E-state index in [1.165, 1.54) is 43.9 Å². The third-order valence-corrected chi connectivity index (χ3v) is 6.43. The van der Waals surface area contributed by atoms with Crippen molar-refractivity contribution in [3.63, 3.8) is 0 Å². The van der Waals surface area contributed by atoms with E-state index in [0.29, 0.717) is 6.54 Å². The van der Waals surface area contributed by atoms with Crippen molar-refractivity contribution in [2.24, 2.45) is 0 Å². The van der Waals surface area contributed by atoms with Crippen molar-refractivity contribution >= 4 is 18.0 Å². The molecule has 0 fully saturated rings. The van der Waals surface area contributed by atoms with E-state index in [4.69, 9.17) is 9.47 Å². The fraction of sp³-hybridized carbons (Fsp3) is 0.714. The first-order chi connectivity index (χ1) is 17.2. The number of unbranched alkanes of at least 4 members (excludes halogenated alkanes) is 7. The number of esters is 1. The first-order valence-electron chi connectivity index (χ1n) is 13.5. The summed E-state index contributed by atoms with van der Waals surface area (Å²) in [6.07, 6.45) is 10.2. The number of likely N-dealkylation sites (N-methyl/N-ethyl adjacent to an activating group) is 1. The molecular formula is C28H50N4O5+2. The Kier molecular flexibility index (Phi) is 13.8. The standard InChI is InChI=1S/C28H50N4O5/c1-23(36-24(2)33)22-31(5,6)20-15-13-11-9-10-12-14-16-21-32(7,8)27(34)26-25(18-17-19-29-26)37-28(35)30(3)4/h17-19,23H,9-16,20-22H2,1-8H3/q+2. The number of aromatic nitrogens is 1. The number of rotatable bonds is 16. The van der Waals surface area contributed by atoms with Crippen LogP contribution < -0.4 is 4.74 Å². The molecule has 1 aromatic heterocycles. The second kappa shape index (κ2) is 15.7. The van der Waals surface area contributed by atoms with Gasteiger partial charge in [0.15, 0.2) is 5.75 Å². The molecule has 9 heteroatoms. The SMILES string of the molecule is CC(=O)OC(C)C[N+](C)(C)CCCCCCCCCC[N+](C)(C)C(=O)c1ncccc1OC(=O)N(C)C. The first-order valence-corrected chi connectivity index (χ1v) is 13.5. The normalized spacial score (nSPS) is 12.6. The van der Waals surface area contributed by atoms with Gasteiger partial charge in [0.05, 0.1) is 41.3 Å². The highest BCUT2D eigenvalue weighted by Crippen LogP contribution is 2.21. The van der Waals surface area contributed by atoms with Crippen molar-refractivity contribution < 1.29 is 32.8 Å². The van der Waals surface area contributed by atoms with E-state index in [1.54, 1.807) is 32.4 Å². The van der Waals surface area contributed by atoms with Crippen LogP contribution in [0.2, 0.25) is 0 Å². The van der Waals surface area contributed by atoms with E-state index >= 15 is 0 Å². The van der Waals surface area contributed by atoms with Crippen LogP contribution in [0, 0.1) is 0 Å². The van der Waals surface area contributed by atoms with Crippen LogP contribution in [0.1, 0.15) is 75.7 Å². The van der Waals surface area contributed by atoms with Gasteiger partial charge in [-0.1, -0.05) is 25.7 Å². The molecule has 0 aliphatic rings. The molecule has 1 heterocycles. The fourth-order valence-electron chi connectivity index (χ4n) is 4.42. The first kappa shape index (κ1) is 32.5. The minimum absolute atomic E-state index is 0.0574. The summed E-state index contributed by atoms with van der Waals surface area (Å²) in [5.41, 5.74) is 0.185. The second-order valence-corrected chi connectivity index (χ2v) is 11.4. The Morgan fingerprint density at radius 2 is 1.46 bits per heavy atom. The molecule has 2 amide bonds. The predicted octanol–water partition coefficient (Wildman–Crippen LogP) is 4.51. The third kappa shape index (κ3) is 13.0. The van der Waals surface area contributed by atoms with Gasteiger partial charge >= 0.3 is 18.0 Å². The molecule has 0 aliphatic heterocycles. The number of nitrogens with zero attached hydrogens (tertiary/aromatic N) is 4. The molecule has 0 N–H and O–H groups in total. The fourth-order valence-corrected chi connectivity index (χ4v) is 4.42. The lowest BCUT2D eigenvalue weighted by Crippen LogP contribution is -2.46. The zero-order valence-corrected chi connectivity index (χ0v) is 24.4. The van der Waals surface area contributed by atoms with E-state index in [0.717, 1.165) is 36.8 Å². The molecule has 37 heavy (non-hydrogen) atoms. The van der Waals surface area contributed by atoms with Crippen molar-refractivity contribution in [2.45, 2.75) is 71.3 Å². The molecule has 0 radical (unpaired) electrons. The van der Waals surface area contributed by atoms with Gasteiger partial charge in [-0.3, -0.25) is 9.28 Å². The number of carbonyl (C=O) groups excluding carboxylic acids is 3. The highest BCUT2D eigenvalue weighted by molar-refractivity contribution is 5.90. The van der Waals surface area contributed by atoms with Crippen LogP contribution in [-0.4, -0.2) is 105 Å². The van der Waals surface area contributed by atoms with E-state index in [-0.39, 0.29) is 33.9 Å². The number of carbonyl (C=O) groups is 3. The summed E-state index contributed by atoms with van der Waals surface area (Å²) in [5, 5.41) is 0. The lowest BCUT2D eigenvalue weighted by molar-refractivity contribution is -0.893. The van der Waals surface area contributed by atoms with E-state index in [1.807, 2.05) is 21.0 Å². The highest BCUT2D eigenvalue weighted by atomic mass is 16.6. The summed E-state index contributed by atoms with van der Waals surface area (Å²) in [6.45, 7) is 6.03.